The Morgan fingerprint density at radius 2 is 2.05 bits per heavy atom. The lowest BCUT2D eigenvalue weighted by atomic mass is 10.1. The number of aromatic hydroxyl groups is 1. The average molecular weight is 281 g/mol. The fourth-order valence-electron chi connectivity index (χ4n) is 2.27. The molecule has 2 N–H and O–H groups in total. The van der Waals surface area contributed by atoms with E-state index in [0.29, 0.717) is 11.3 Å². The van der Waals surface area contributed by atoms with Crippen molar-refractivity contribution in [2.45, 2.75) is 13.8 Å². The molecule has 5 nitrogen and oxygen atoms in total. The van der Waals surface area contributed by atoms with Crippen LogP contribution < -0.4 is 5.32 Å². The number of hydrogen-bond donors (Lipinski definition) is 2. The molecule has 0 unspecified atom stereocenters. The summed E-state index contributed by atoms with van der Waals surface area (Å²) in [4.78, 5) is 12.5. The zero-order chi connectivity index (χ0) is 15.0. The van der Waals surface area contributed by atoms with Crippen LogP contribution in [0.25, 0.3) is 5.52 Å². The molecular weight excluding hydrogens is 266 g/mol. The van der Waals surface area contributed by atoms with E-state index in [1.54, 1.807) is 54.2 Å². The first-order valence-electron chi connectivity index (χ1n) is 6.60. The Morgan fingerprint density at radius 3 is 2.86 bits per heavy atom. The Balaban J connectivity index is 1.97. The van der Waals surface area contributed by atoms with Crippen molar-refractivity contribution < 1.29 is 9.90 Å². The minimum absolute atomic E-state index is 0.200. The highest BCUT2D eigenvalue weighted by Gasteiger charge is 2.13. The van der Waals surface area contributed by atoms with E-state index in [1.807, 2.05) is 6.92 Å². The highest BCUT2D eigenvalue weighted by molar-refractivity contribution is 6.09. The maximum Gasteiger partial charge on any atom is 0.257 e. The topological polar surface area (TPSA) is 66.6 Å². The van der Waals surface area contributed by atoms with Crippen LogP contribution in [0.15, 0.2) is 42.7 Å². The van der Waals surface area contributed by atoms with Crippen LogP contribution in [-0.4, -0.2) is 20.6 Å². The number of anilines is 1. The number of nitrogens with one attached hydrogen (secondary N) is 1. The summed E-state index contributed by atoms with van der Waals surface area (Å²) in [5, 5.41) is 16.7. The van der Waals surface area contributed by atoms with Crippen LogP contribution in [0.4, 0.5) is 5.69 Å². The standard InChI is InChI=1S/C16H15N3O2/c1-10-9-15(20)11(2)8-13(10)18-16(21)12-4-3-7-19-14(12)5-6-17-19/h3-9,20H,1-2H3,(H,18,21). The number of hydrogen-bond acceptors (Lipinski definition) is 3. The molecule has 0 fully saturated rings. The molecule has 3 rings (SSSR count). The minimum Gasteiger partial charge on any atom is -0.508 e. The third-order valence-electron chi connectivity index (χ3n) is 3.47. The Morgan fingerprint density at radius 1 is 1.24 bits per heavy atom. The fraction of sp³-hybridized carbons (Fsp3) is 0.125. The smallest absolute Gasteiger partial charge is 0.257 e. The van der Waals surface area contributed by atoms with Crippen LogP contribution in [0.5, 0.6) is 5.75 Å². The first kappa shape index (κ1) is 13.2. The number of amides is 1. The SMILES string of the molecule is Cc1cc(NC(=O)c2cccn3nccc23)c(C)cc1O. The number of fused-ring (bicyclic) bond motifs is 1. The highest BCUT2D eigenvalue weighted by atomic mass is 16.3. The van der Waals surface area contributed by atoms with Gasteiger partial charge in [-0.05, 0) is 55.3 Å². The molecule has 0 saturated heterocycles. The lowest BCUT2D eigenvalue weighted by Gasteiger charge is -2.11. The highest BCUT2D eigenvalue weighted by Crippen LogP contribution is 2.25. The largest absolute Gasteiger partial charge is 0.508 e. The molecule has 0 radical (unpaired) electrons. The Labute approximate surface area is 121 Å². The molecule has 5 heteroatoms. The van der Waals surface area contributed by atoms with Crippen LogP contribution in [0, 0.1) is 13.8 Å². The molecule has 2 aromatic heterocycles. The van der Waals surface area contributed by atoms with Gasteiger partial charge in [0.25, 0.3) is 5.91 Å². The van der Waals surface area contributed by atoms with E-state index in [2.05, 4.69) is 10.4 Å². The number of nitrogens with zero attached hydrogens (tertiary/aromatic N) is 2. The molecular formula is C16H15N3O2. The van der Waals surface area contributed by atoms with E-state index in [1.165, 1.54) is 0 Å². The molecule has 2 heterocycles. The van der Waals surface area contributed by atoms with Gasteiger partial charge < -0.3 is 10.4 Å². The summed E-state index contributed by atoms with van der Waals surface area (Å²) < 4.78 is 1.66. The number of rotatable bonds is 2. The fourth-order valence-corrected chi connectivity index (χ4v) is 2.27. The van der Waals surface area contributed by atoms with Crippen LogP contribution in [0.3, 0.4) is 0 Å². The zero-order valence-electron chi connectivity index (χ0n) is 11.8. The predicted molar refractivity (Wildman–Crippen MR) is 80.7 cm³/mol. The van der Waals surface area contributed by atoms with Gasteiger partial charge in [-0.25, -0.2) is 4.52 Å². The Kier molecular flexibility index (Phi) is 3.10. The normalized spacial score (nSPS) is 10.8. The third-order valence-corrected chi connectivity index (χ3v) is 3.47. The van der Waals surface area contributed by atoms with Gasteiger partial charge in [0.1, 0.15) is 5.75 Å². The van der Waals surface area contributed by atoms with Gasteiger partial charge in [0.05, 0.1) is 17.3 Å². The number of carbonyl (C=O) groups excluding carboxylic acids is 1. The van der Waals surface area contributed by atoms with E-state index in [-0.39, 0.29) is 11.7 Å². The number of carbonyl (C=O) groups is 1. The van der Waals surface area contributed by atoms with Crippen LogP contribution in [0.2, 0.25) is 0 Å². The molecule has 0 atom stereocenters. The maximum absolute atomic E-state index is 12.5. The Hall–Kier alpha value is -2.82. The molecule has 0 saturated carbocycles. The summed E-state index contributed by atoms with van der Waals surface area (Å²) in [5.74, 6) is 0.0256. The second-order valence-corrected chi connectivity index (χ2v) is 4.99. The van der Waals surface area contributed by atoms with Gasteiger partial charge in [0, 0.05) is 11.9 Å². The molecule has 0 bridgehead atoms. The van der Waals surface area contributed by atoms with Gasteiger partial charge in [0.15, 0.2) is 0 Å². The summed E-state index contributed by atoms with van der Waals surface area (Å²) in [7, 11) is 0. The van der Waals surface area contributed by atoms with Crippen LogP contribution >= 0.6 is 0 Å². The number of phenols is 1. The molecule has 0 aliphatic heterocycles. The van der Waals surface area contributed by atoms with Crippen molar-refractivity contribution >= 4 is 17.1 Å². The van der Waals surface area contributed by atoms with Crippen LogP contribution in [0.1, 0.15) is 21.5 Å². The lowest BCUT2D eigenvalue weighted by molar-refractivity contribution is 0.102. The van der Waals surface area contributed by atoms with Gasteiger partial charge in [-0.15, -0.1) is 0 Å². The van der Waals surface area contributed by atoms with E-state index in [9.17, 15) is 9.90 Å². The van der Waals surface area contributed by atoms with E-state index >= 15 is 0 Å². The van der Waals surface area contributed by atoms with Crippen molar-refractivity contribution in [3.63, 3.8) is 0 Å². The summed E-state index contributed by atoms with van der Waals surface area (Å²) in [6, 6.07) is 8.74. The number of benzene rings is 1. The number of aromatic nitrogens is 2. The van der Waals surface area contributed by atoms with Crippen molar-refractivity contribution in [1.82, 2.24) is 9.61 Å². The quantitative estimate of drug-likeness (QED) is 0.710. The van der Waals surface area contributed by atoms with Gasteiger partial charge in [0.2, 0.25) is 0 Å². The van der Waals surface area contributed by atoms with Crippen molar-refractivity contribution in [3.05, 3.63) is 59.4 Å². The predicted octanol–water partition coefficient (Wildman–Crippen LogP) is 2.91. The summed E-state index contributed by atoms with van der Waals surface area (Å²) >= 11 is 0. The van der Waals surface area contributed by atoms with E-state index < -0.39 is 0 Å². The lowest BCUT2D eigenvalue weighted by Crippen LogP contribution is -2.14. The number of phenolic OH excluding ortho intramolecular Hbond substituents is 1. The molecule has 1 amide bonds. The minimum atomic E-state index is -0.200. The molecule has 0 aliphatic carbocycles. The molecule has 0 spiro atoms. The van der Waals surface area contributed by atoms with Crippen molar-refractivity contribution in [2.75, 3.05) is 5.32 Å². The van der Waals surface area contributed by atoms with Crippen LogP contribution in [-0.2, 0) is 0 Å². The molecule has 0 aliphatic rings. The maximum atomic E-state index is 12.5. The monoisotopic (exact) mass is 281 g/mol. The third kappa shape index (κ3) is 2.33. The second-order valence-electron chi connectivity index (χ2n) is 4.99. The van der Waals surface area contributed by atoms with Crippen molar-refractivity contribution in [1.29, 1.82) is 0 Å². The van der Waals surface area contributed by atoms with Crippen molar-refractivity contribution in [2.24, 2.45) is 0 Å². The second kappa shape index (κ2) is 4.94. The summed E-state index contributed by atoms with van der Waals surface area (Å²) in [6.07, 6.45) is 3.45. The number of aryl methyl sites for hydroxylation is 2. The number of pyridine rings is 1. The van der Waals surface area contributed by atoms with Gasteiger partial charge in [-0.1, -0.05) is 0 Å². The molecule has 106 valence electrons. The van der Waals surface area contributed by atoms with E-state index in [4.69, 9.17) is 0 Å². The average Bonchev–Trinajstić information content (AvgIpc) is 2.92. The summed E-state index contributed by atoms with van der Waals surface area (Å²) in [6.45, 7) is 3.64. The van der Waals surface area contributed by atoms with Gasteiger partial charge in [-0.3, -0.25) is 4.79 Å². The van der Waals surface area contributed by atoms with E-state index in [0.717, 1.165) is 16.6 Å². The first-order chi connectivity index (χ1) is 10.1. The first-order valence-corrected chi connectivity index (χ1v) is 6.60. The zero-order valence-corrected chi connectivity index (χ0v) is 11.8. The molecule has 21 heavy (non-hydrogen) atoms. The summed E-state index contributed by atoms with van der Waals surface area (Å²) in [5.41, 5.74) is 3.53. The Bertz CT molecular complexity index is 837. The van der Waals surface area contributed by atoms with Crippen molar-refractivity contribution in [3.8, 4) is 5.75 Å². The molecule has 3 aromatic rings. The molecule has 1 aromatic carbocycles. The van der Waals surface area contributed by atoms with Gasteiger partial charge >= 0.3 is 0 Å². The van der Waals surface area contributed by atoms with Gasteiger partial charge in [-0.2, -0.15) is 5.10 Å².